The number of benzene rings is 1. The van der Waals surface area contributed by atoms with E-state index in [1.807, 2.05) is 6.07 Å². The Balaban J connectivity index is 1.93. The lowest BCUT2D eigenvalue weighted by atomic mass is 10.1. The van der Waals surface area contributed by atoms with E-state index in [0.717, 1.165) is 0 Å². The van der Waals surface area contributed by atoms with Gasteiger partial charge in [0.1, 0.15) is 6.61 Å². The third kappa shape index (κ3) is 3.13. The summed E-state index contributed by atoms with van der Waals surface area (Å²) in [5.41, 5.74) is 0.678. The molecule has 0 spiro atoms. The van der Waals surface area contributed by atoms with Crippen molar-refractivity contribution in [1.82, 2.24) is 10.2 Å². The van der Waals surface area contributed by atoms with Crippen LogP contribution in [0.15, 0.2) is 24.3 Å². The number of ether oxygens (including phenoxy) is 1. The standard InChI is InChI=1S/C14H15N3O3/c1-17-8-11(20-9-13(17)18)7-16-14(19)12-5-3-2-4-10(12)6-15/h2-5,11H,7-9H2,1H3,(H,16,19)/t11-/m1/s1. The zero-order valence-corrected chi connectivity index (χ0v) is 11.1. The number of morpholine rings is 1. The van der Waals surface area contributed by atoms with Crippen molar-refractivity contribution in [2.45, 2.75) is 6.10 Å². The first kappa shape index (κ1) is 14.0. The Morgan fingerprint density at radius 3 is 3.00 bits per heavy atom. The normalized spacial score (nSPS) is 18.5. The quantitative estimate of drug-likeness (QED) is 0.849. The van der Waals surface area contributed by atoms with Gasteiger partial charge in [0.05, 0.1) is 23.3 Å². The van der Waals surface area contributed by atoms with Gasteiger partial charge in [-0.1, -0.05) is 12.1 Å². The van der Waals surface area contributed by atoms with E-state index in [2.05, 4.69) is 5.32 Å². The number of amides is 2. The molecular formula is C14H15N3O3. The molecule has 1 saturated heterocycles. The minimum atomic E-state index is -0.315. The van der Waals surface area contributed by atoms with Crippen LogP contribution < -0.4 is 5.32 Å². The molecule has 0 saturated carbocycles. The van der Waals surface area contributed by atoms with Crippen LogP contribution in [0.2, 0.25) is 0 Å². The lowest BCUT2D eigenvalue weighted by molar-refractivity contribution is -0.146. The molecule has 0 radical (unpaired) electrons. The second-order valence-electron chi connectivity index (χ2n) is 4.57. The second-order valence-corrected chi connectivity index (χ2v) is 4.57. The topological polar surface area (TPSA) is 82.4 Å². The minimum absolute atomic E-state index is 0.0336. The van der Waals surface area contributed by atoms with Crippen molar-refractivity contribution in [3.05, 3.63) is 35.4 Å². The molecule has 0 aromatic heterocycles. The van der Waals surface area contributed by atoms with E-state index in [4.69, 9.17) is 10.00 Å². The van der Waals surface area contributed by atoms with Gasteiger partial charge in [-0.2, -0.15) is 5.26 Å². The van der Waals surface area contributed by atoms with Gasteiger partial charge >= 0.3 is 0 Å². The number of rotatable bonds is 3. The molecule has 0 aliphatic carbocycles. The Bertz CT molecular complexity index is 565. The molecule has 2 rings (SSSR count). The Morgan fingerprint density at radius 1 is 1.55 bits per heavy atom. The third-order valence-corrected chi connectivity index (χ3v) is 3.13. The lowest BCUT2D eigenvalue weighted by Crippen LogP contribution is -2.48. The van der Waals surface area contributed by atoms with Crippen molar-refractivity contribution < 1.29 is 14.3 Å². The van der Waals surface area contributed by atoms with Crippen molar-refractivity contribution in [2.75, 3.05) is 26.7 Å². The number of carbonyl (C=O) groups is 2. The Hall–Kier alpha value is -2.39. The average molecular weight is 273 g/mol. The number of likely N-dealkylation sites (N-methyl/N-ethyl adjacent to an activating group) is 1. The summed E-state index contributed by atoms with van der Waals surface area (Å²) in [7, 11) is 1.70. The van der Waals surface area contributed by atoms with Gasteiger partial charge in [-0.25, -0.2) is 0 Å². The van der Waals surface area contributed by atoms with Crippen molar-refractivity contribution in [3.63, 3.8) is 0 Å². The number of hydrogen-bond acceptors (Lipinski definition) is 4. The fourth-order valence-corrected chi connectivity index (χ4v) is 1.96. The van der Waals surface area contributed by atoms with Gasteiger partial charge in [0.2, 0.25) is 5.91 Å². The molecular weight excluding hydrogens is 258 g/mol. The zero-order chi connectivity index (χ0) is 14.5. The maximum atomic E-state index is 12.0. The monoisotopic (exact) mass is 273 g/mol. The molecule has 1 aliphatic rings. The maximum Gasteiger partial charge on any atom is 0.252 e. The number of nitriles is 1. The summed E-state index contributed by atoms with van der Waals surface area (Å²) in [5, 5.41) is 11.7. The maximum absolute atomic E-state index is 12.0. The smallest absolute Gasteiger partial charge is 0.252 e. The van der Waals surface area contributed by atoms with Gasteiger partial charge in [-0.3, -0.25) is 9.59 Å². The molecule has 1 N–H and O–H groups in total. The van der Waals surface area contributed by atoms with Gasteiger partial charge in [0, 0.05) is 20.1 Å². The first-order chi connectivity index (χ1) is 9.61. The minimum Gasteiger partial charge on any atom is -0.365 e. The second kappa shape index (κ2) is 6.17. The van der Waals surface area contributed by atoms with Gasteiger partial charge < -0.3 is 15.0 Å². The summed E-state index contributed by atoms with van der Waals surface area (Å²) in [6, 6.07) is 8.60. The molecule has 1 aromatic carbocycles. The lowest BCUT2D eigenvalue weighted by Gasteiger charge is -2.29. The van der Waals surface area contributed by atoms with Crippen LogP contribution in [0, 0.1) is 11.3 Å². The highest BCUT2D eigenvalue weighted by molar-refractivity contribution is 5.96. The van der Waals surface area contributed by atoms with E-state index in [9.17, 15) is 9.59 Å². The Morgan fingerprint density at radius 2 is 2.30 bits per heavy atom. The Labute approximate surface area is 116 Å². The summed E-state index contributed by atoms with van der Waals surface area (Å²) in [6.07, 6.45) is -0.226. The predicted octanol–water partition coefficient (Wildman–Crippen LogP) is 0.145. The van der Waals surface area contributed by atoms with Crippen LogP contribution >= 0.6 is 0 Å². The molecule has 104 valence electrons. The van der Waals surface area contributed by atoms with Crippen molar-refractivity contribution >= 4 is 11.8 Å². The van der Waals surface area contributed by atoms with Gasteiger partial charge in [-0.05, 0) is 12.1 Å². The molecule has 6 heteroatoms. The number of carbonyl (C=O) groups excluding carboxylic acids is 2. The molecule has 0 unspecified atom stereocenters. The molecule has 1 fully saturated rings. The molecule has 2 amide bonds. The number of hydrogen-bond donors (Lipinski definition) is 1. The van der Waals surface area contributed by atoms with Crippen molar-refractivity contribution in [3.8, 4) is 6.07 Å². The highest BCUT2D eigenvalue weighted by atomic mass is 16.5. The van der Waals surface area contributed by atoms with Gasteiger partial charge in [0.25, 0.3) is 5.91 Å². The van der Waals surface area contributed by atoms with E-state index >= 15 is 0 Å². The fraction of sp³-hybridized carbons (Fsp3) is 0.357. The molecule has 1 aliphatic heterocycles. The molecule has 1 aromatic rings. The zero-order valence-electron chi connectivity index (χ0n) is 11.1. The SMILES string of the molecule is CN1C[C@@H](CNC(=O)c2ccccc2C#N)OCC1=O. The van der Waals surface area contributed by atoms with E-state index in [0.29, 0.717) is 24.2 Å². The van der Waals surface area contributed by atoms with E-state index < -0.39 is 0 Å². The first-order valence-electron chi connectivity index (χ1n) is 6.24. The molecule has 1 heterocycles. The first-order valence-corrected chi connectivity index (χ1v) is 6.24. The summed E-state index contributed by atoms with van der Waals surface area (Å²) >= 11 is 0. The summed E-state index contributed by atoms with van der Waals surface area (Å²) in [6.45, 7) is 0.779. The predicted molar refractivity (Wildman–Crippen MR) is 70.9 cm³/mol. The fourth-order valence-electron chi connectivity index (χ4n) is 1.96. The highest BCUT2D eigenvalue weighted by Gasteiger charge is 2.24. The van der Waals surface area contributed by atoms with Crippen molar-refractivity contribution in [1.29, 1.82) is 5.26 Å². The highest BCUT2D eigenvalue weighted by Crippen LogP contribution is 2.08. The Kier molecular flexibility index (Phi) is 4.33. The van der Waals surface area contributed by atoms with Crippen LogP contribution in [0.1, 0.15) is 15.9 Å². The van der Waals surface area contributed by atoms with Crippen LogP contribution in [-0.4, -0.2) is 49.6 Å². The van der Waals surface area contributed by atoms with Crippen LogP contribution in [0.3, 0.4) is 0 Å². The number of nitrogens with one attached hydrogen (secondary N) is 1. The van der Waals surface area contributed by atoms with Crippen LogP contribution in [0.25, 0.3) is 0 Å². The van der Waals surface area contributed by atoms with Gasteiger partial charge in [0.15, 0.2) is 0 Å². The van der Waals surface area contributed by atoms with E-state index in [1.165, 1.54) is 0 Å². The van der Waals surface area contributed by atoms with E-state index in [-0.39, 0.29) is 24.5 Å². The summed E-state index contributed by atoms with van der Waals surface area (Å²) in [5.74, 6) is -0.382. The van der Waals surface area contributed by atoms with Crippen molar-refractivity contribution in [2.24, 2.45) is 0 Å². The van der Waals surface area contributed by atoms with Crippen LogP contribution in [0.4, 0.5) is 0 Å². The molecule has 1 atom stereocenters. The van der Waals surface area contributed by atoms with Crippen LogP contribution in [0.5, 0.6) is 0 Å². The van der Waals surface area contributed by atoms with E-state index in [1.54, 1.807) is 36.2 Å². The average Bonchev–Trinajstić information content (AvgIpc) is 2.48. The largest absolute Gasteiger partial charge is 0.365 e. The number of nitrogens with zero attached hydrogens (tertiary/aromatic N) is 2. The third-order valence-electron chi connectivity index (χ3n) is 3.13. The summed E-state index contributed by atoms with van der Waals surface area (Å²) in [4.78, 5) is 24.8. The van der Waals surface area contributed by atoms with Crippen LogP contribution in [-0.2, 0) is 9.53 Å². The molecule has 0 bridgehead atoms. The van der Waals surface area contributed by atoms with Gasteiger partial charge in [-0.15, -0.1) is 0 Å². The molecule has 6 nitrogen and oxygen atoms in total. The molecule has 20 heavy (non-hydrogen) atoms. The summed E-state index contributed by atoms with van der Waals surface area (Å²) < 4.78 is 5.33.